The highest BCUT2D eigenvalue weighted by molar-refractivity contribution is 6.31. The standard InChI is InChI=1S/C27H24ClNO5.C24H20ClNO3/c1-32-26(30)17-34-23-5-3-4-19(14-23)16-29-11-10-21-13-18(6-9-25(21)29)12-20-7-8-22(28)15-24(20)27(31)33-2;1-29-24(28)22-14-20(25)7-6-18(22)11-16-5-8-23-19(12-16)9-10-26(23)15-17-3-2-4-21(27)13-17/h3-11,13-15H,12,16-17H2,1-2H3;2-10,12-14,27H,11,15H2,1H3. The molecule has 0 aliphatic carbocycles. The van der Waals surface area contributed by atoms with Gasteiger partial charge in [-0.15, -0.1) is 0 Å². The van der Waals surface area contributed by atoms with Crippen LogP contribution in [0.25, 0.3) is 21.8 Å². The number of phenolic OH excluding ortho intramolecular Hbond substituents is 1. The van der Waals surface area contributed by atoms with Crippen molar-refractivity contribution in [3.05, 3.63) is 200 Å². The zero-order valence-electron chi connectivity index (χ0n) is 34.8. The van der Waals surface area contributed by atoms with Crippen LogP contribution in [0.15, 0.2) is 146 Å². The molecule has 8 aromatic rings. The Hall–Kier alpha value is -7.01. The van der Waals surface area contributed by atoms with Gasteiger partial charge in [0.1, 0.15) is 11.5 Å². The number of esters is 3. The van der Waals surface area contributed by atoms with Crippen LogP contribution in [0.5, 0.6) is 11.5 Å². The van der Waals surface area contributed by atoms with Gasteiger partial charge in [0.15, 0.2) is 6.61 Å². The molecule has 0 fully saturated rings. The molecule has 0 spiro atoms. The van der Waals surface area contributed by atoms with E-state index in [0.29, 0.717) is 52.9 Å². The van der Waals surface area contributed by atoms with Crippen molar-refractivity contribution in [2.75, 3.05) is 27.9 Å². The van der Waals surface area contributed by atoms with Crippen LogP contribution in [-0.2, 0) is 44.9 Å². The van der Waals surface area contributed by atoms with Crippen LogP contribution in [0.1, 0.15) is 54.1 Å². The molecule has 2 heterocycles. The molecule has 320 valence electrons. The second-order valence-corrected chi connectivity index (χ2v) is 15.7. The molecule has 10 nitrogen and oxygen atoms in total. The minimum absolute atomic E-state index is 0.125. The number of hydrogen-bond acceptors (Lipinski definition) is 8. The number of carbonyl (C=O) groups is 3. The molecule has 0 saturated carbocycles. The summed E-state index contributed by atoms with van der Waals surface area (Å²) in [5, 5.41) is 12.9. The fourth-order valence-electron chi connectivity index (χ4n) is 7.42. The summed E-state index contributed by atoms with van der Waals surface area (Å²) in [4.78, 5) is 35.6. The van der Waals surface area contributed by atoms with E-state index in [1.54, 1.807) is 36.4 Å². The van der Waals surface area contributed by atoms with E-state index in [-0.39, 0.29) is 18.3 Å². The zero-order chi connectivity index (χ0) is 44.5. The number of benzene rings is 6. The Labute approximate surface area is 374 Å². The van der Waals surface area contributed by atoms with Crippen LogP contribution in [0.4, 0.5) is 0 Å². The van der Waals surface area contributed by atoms with E-state index in [4.69, 9.17) is 37.4 Å². The summed E-state index contributed by atoms with van der Waals surface area (Å²) in [5.74, 6) is -0.324. The van der Waals surface area contributed by atoms with Gasteiger partial charge in [0.25, 0.3) is 0 Å². The number of halogens is 2. The van der Waals surface area contributed by atoms with Gasteiger partial charge in [-0.1, -0.05) is 71.7 Å². The topological polar surface area (TPSA) is 118 Å². The molecule has 6 aromatic carbocycles. The predicted molar refractivity (Wildman–Crippen MR) is 245 cm³/mol. The average Bonchev–Trinajstić information content (AvgIpc) is 3.89. The predicted octanol–water partition coefficient (Wildman–Crippen LogP) is 10.7. The number of hydrogen-bond donors (Lipinski definition) is 1. The van der Waals surface area contributed by atoms with Gasteiger partial charge in [0.05, 0.1) is 32.5 Å². The quantitative estimate of drug-likeness (QED) is 0.0898. The average molecular weight is 884 g/mol. The maximum absolute atomic E-state index is 12.2. The third-order valence-corrected chi connectivity index (χ3v) is 11.0. The molecule has 1 N–H and O–H groups in total. The summed E-state index contributed by atoms with van der Waals surface area (Å²) in [6.45, 7) is 1.21. The van der Waals surface area contributed by atoms with Gasteiger partial charge in [-0.2, -0.15) is 0 Å². The summed E-state index contributed by atoms with van der Waals surface area (Å²) in [6, 6.07) is 42.2. The normalized spacial score (nSPS) is 10.9. The number of aromatic hydroxyl groups is 1. The summed E-state index contributed by atoms with van der Waals surface area (Å²) in [7, 11) is 4.06. The Bertz CT molecular complexity index is 2940. The van der Waals surface area contributed by atoms with E-state index in [9.17, 15) is 19.5 Å². The first-order valence-electron chi connectivity index (χ1n) is 20.0. The van der Waals surface area contributed by atoms with Crippen LogP contribution >= 0.6 is 23.2 Å². The van der Waals surface area contributed by atoms with E-state index < -0.39 is 11.9 Å². The number of nitrogens with zero attached hydrogens (tertiary/aromatic N) is 2. The number of methoxy groups -OCH3 is 3. The number of aromatic nitrogens is 2. The molecule has 0 radical (unpaired) electrons. The molecule has 63 heavy (non-hydrogen) atoms. The van der Waals surface area contributed by atoms with Gasteiger partial charge in [-0.3, -0.25) is 0 Å². The maximum Gasteiger partial charge on any atom is 0.343 e. The molecule has 0 atom stereocenters. The number of carbonyl (C=O) groups excluding carboxylic acids is 3. The molecule has 12 heteroatoms. The second-order valence-electron chi connectivity index (χ2n) is 14.8. The lowest BCUT2D eigenvalue weighted by Crippen LogP contribution is -2.12. The molecule has 0 saturated heterocycles. The van der Waals surface area contributed by atoms with Crippen LogP contribution in [0, 0.1) is 0 Å². The number of ether oxygens (including phenoxy) is 4. The molecular weight excluding hydrogens is 839 g/mol. The molecule has 8 rings (SSSR count). The lowest BCUT2D eigenvalue weighted by atomic mass is 9.99. The van der Waals surface area contributed by atoms with E-state index in [1.165, 1.54) is 21.3 Å². The first kappa shape index (κ1) is 44.1. The molecule has 0 amide bonds. The van der Waals surface area contributed by atoms with Gasteiger partial charge < -0.3 is 33.2 Å². The third-order valence-electron chi connectivity index (χ3n) is 10.5. The number of phenols is 1. The van der Waals surface area contributed by atoms with Crippen LogP contribution in [0.3, 0.4) is 0 Å². The van der Waals surface area contributed by atoms with Crippen LogP contribution < -0.4 is 4.74 Å². The van der Waals surface area contributed by atoms with Crippen molar-refractivity contribution in [3.8, 4) is 11.5 Å². The molecular formula is C51H44Cl2N2O8. The summed E-state index contributed by atoms with van der Waals surface area (Å²) >= 11 is 12.1. The van der Waals surface area contributed by atoms with Crippen molar-refractivity contribution in [3.63, 3.8) is 0 Å². The van der Waals surface area contributed by atoms with Crippen molar-refractivity contribution >= 4 is 62.9 Å². The van der Waals surface area contributed by atoms with Crippen molar-refractivity contribution in [1.82, 2.24) is 9.13 Å². The highest BCUT2D eigenvalue weighted by atomic mass is 35.5. The van der Waals surface area contributed by atoms with Gasteiger partial charge in [-0.05, 0) is 142 Å². The number of rotatable bonds is 13. The molecule has 2 aromatic heterocycles. The van der Waals surface area contributed by atoms with Gasteiger partial charge in [0.2, 0.25) is 0 Å². The van der Waals surface area contributed by atoms with E-state index in [0.717, 1.165) is 55.2 Å². The fraction of sp³-hybridized carbons (Fsp3) is 0.157. The lowest BCUT2D eigenvalue weighted by Gasteiger charge is -2.11. The SMILES string of the molecule is COC(=O)COc1cccc(Cn2ccc3cc(Cc4ccc(Cl)cc4C(=O)OC)ccc32)c1.COC(=O)c1cc(Cl)ccc1Cc1ccc2c(ccn2Cc2cccc(O)c2)c1. The number of fused-ring (bicyclic) bond motifs is 2. The van der Waals surface area contributed by atoms with Gasteiger partial charge in [-0.25, -0.2) is 14.4 Å². The maximum atomic E-state index is 12.2. The Morgan fingerprint density at radius 1 is 0.540 bits per heavy atom. The van der Waals surface area contributed by atoms with E-state index in [2.05, 4.69) is 62.4 Å². The summed E-state index contributed by atoms with van der Waals surface area (Å²) < 4.78 is 24.2. The molecule has 0 bridgehead atoms. The van der Waals surface area contributed by atoms with Crippen molar-refractivity contribution in [1.29, 1.82) is 0 Å². The Balaban J connectivity index is 0.000000191. The summed E-state index contributed by atoms with van der Waals surface area (Å²) in [5.41, 5.74) is 9.16. The smallest absolute Gasteiger partial charge is 0.343 e. The third kappa shape index (κ3) is 11.1. The lowest BCUT2D eigenvalue weighted by molar-refractivity contribution is -0.142. The van der Waals surface area contributed by atoms with E-state index >= 15 is 0 Å². The van der Waals surface area contributed by atoms with Crippen molar-refractivity contribution < 1.29 is 38.4 Å². The molecule has 0 unspecified atom stereocenters. The minimum atomic E-state index is -0.421. The van der Waals surface area contributed by atoms with Crippen LogP contribution in [0.2, 0.25) is 10.0 Å². The minimum Gasteiger partial charge on any atom is -0.508 e. The summed E-state index contributed by atoms with van der Waals surface area (Å²) in [6.07, 6.45) is 5.27. The highest BCUT2D eigenvalue weighted by Gasteiger charge is 2.16. The Morgan fingerprint density at radius 2 is 1.05 bits per heavy atom. The van der Waals surface area contributed by atoms with E-state index in [1.807, 2.05) is 60.9 Å². The first-order chi connectivity index (χ1) is 30.5. The van der Waals surface area contributed by atoms with Gasteiger partial charge in [0, 0.05) is 46.6 Å². The zero-order valence-corrected chi connectivity index (χ0v) is 36.4. The first-order valence-corrected chi connectivity index (χ1v) is 20.7. The second kappa shape index (κ2) is 20.2. The molecule has 0 aliphatic rings. The van der Waals surface area contributed by atoms with Gasteiger partial charge >= 0.3 is 17.9 Å². The largest absolute Gasteiger partial charge is 0.508 e. The van der Waals surface area contributed by atoms with Crippen LogP contribution in [-0.4, -0.2) is 60.1 Å². The Morgan fingerprint density at radius 3 is 1.54 bits per heavy atom. The fourth-order valence-corrected chi connectivity index (χ4v) is 7.77. The van der Waals surface area contributed by atoms with Crippen molar-refractivity contribution in [2.45, 2.75) is 25.9 Å². The Kier molecular flexibility index (Phi) is 14.2. The van der Waals surface area contributed by atoms with Crippen molar-refractivity contribution in [2.24, 2.45) is 0 Å². The molecule has 0 aliphatic heterocycles. The highest BCUT2D eigenvalue weighted by Crippen LogP contribution is 2.27. The monoisotopic (exact) mass is 882 g/mol.